The third kappa shape index (κ3) is 2.24. The summed E-state index contributed by atoms with van der Waals surface area (Å²) in [5.74, 6) is -0.600. The quantitative estimate of drug-likeness (QED) is 0.609. The van der Waals surface area contributed by atoms with Crippen LogP contribution in [0.3, 0.4) is 0 Å². The van der Waals surface area contributed by atoms with Crippen LogP contribution in [0, 0.1) is 11.3 Å². The molecule has 3 aliphatic rings. The molecule has 0 amide bonds. The van der Waals surface area contributed by atoms with E-state index in [0.717, 1.165) is 18.4 Å². The lowest BCUT2D eigenvalue weighted by Crippen LogP contribution is -2.54. The zero-order valence-electron chi connectivity index (χ0n) is 16.8. The van der Waals surface area contributed by atoms with E-state index in [-0.39, 0.29) is 40.8 Å². The number of fused-ring (bicyclic) bond motifs is 1. The molecule has 4 rings (SSSR count). The van der Waals surface area contributed by atoms with E-state index >= 15 is 0 Å². The van der Waals surface area contributed by atoms with Crippen molar-refractivity contribution in [3.63, 3.8) is 0 Å². The Morgan fingerprint density at radius 2 is 1.96 bits per heavy atom. The van der Waals surface area contributed by atoms with E-state index in [1.165, 1.54) is 0 Å². The molecule has 5 nitrogen and oxygen atoms in total. The van der Waals surface area contributed by atoms with Crippen LogP contribution in [-0.4, -0.2) is 28.9 Å². The smallest absolute Gasteiger partial charge is 0.317 e. The number of carbonyl (C=O) groups excluding carboxylic acids is 1. The van der Waals surface area contributed by atoms with Crippen molar-refractivity contribution in [2.45, 2.75) is 77.4 Å². The molecule has 2 fully saturated rings. The summed E-state index contributed by atoms with van der Waals surface area (Å²) >= 11 is 0. The summed E-state index contributed by atoms with van der Waals surface area (Å²) in [6, 6.07) is 1.92. The van der Waals surface area contributed by atoms with Crippen molar-refractivity contribution in [1.29, 1.82) is 0 Å². The first kappa shape index (κ1) is 18.6. The van der Waals surface area contributed by atoms with Crippen LogP contribution in [0.1, 0.15) is 82.6 Å². The molecular weight excluding hydrogens is 344 g/mol. The summed E-state index contributed by atoms with van der Waals surface area (Å²) in [6.07, 6.45) is 1.74. The summed E-state index contributed by atoms with van der Waals surface area (Å²) in [5.41, 5.74) is 1.00. The van der Waals surface area contributed by atoms with E-state index in [2.05, 4.69) is 13.8 Å². The Hall–Kier alpha value is -1.75. The second-order valence-corrected chi connectivity index (χ2v) is 9.32. The van der Waals surface area contributed by atoms with Crippen molar-refractivity contribution in [2.24, 2.45) is 11.3 Å². The molecular formula is C22H30O5. The van der Waals surface area contributed by atoms with Gasteiger partial charge in [-0.2, -0.15) is 0 Å². The highest BCUT2D eigenvalue weighted by atomic mass is 16.6. The largest absolute Gasteiger partial charge is 0.504 e. The average molecular weight is 374 g/mol. The van der Waals surface area contributed by atoms with Crippen LogP contribution in [0.5, 0.6) is 11.5 Å². The molecule has 1 saturated carbocycles. The van der Waals surface area contributed by atoms with Crippen LogP contribution in [-0.2, 0) is 19.7 Å². The maximum absolute atomic E-state index is 13.2. The first-order chi connectivity index (χ1) is 12.7. The minimum atomic E-state index is -0.896. The number of phenolic OH excluding ortho intramolecular Hbond substituents is 2. The lowest BCUT2D eigenvalue weighted by Gasteiger charge is -2.52. The van der Waals surface area contributed by atoms with Crippen molar-refractivity contribution >= 4 is 5.97 Å². The summed E-state index contributed by atoms with van der Waals surface area (Å²) < 4.78 is 12.0. The molecule has 2 bridgehead atoms. The highest BCUT2D eigenvalue weighted by molar-refractivity contribution is 5.90. The lowest BCUT2D eigenvalue weighted by atomic mass is 9.49. The maximum atomic E-state index is 13.2. The molecule has 0 aromatic heterocycles. The minimum Gasteiger partial charge on any atom is -0.504 e. The summed E-state index contributed by atoms with van der Waals surface area (Å²) in [7, 11) is 0. The predicted octanol–water partition coefficient (Wildman–Crippen LogP) is 4.30. The second-order valence-electron chi connectivity index (χ2n) is 9.32. The van der Waals surface area contributed by atoms with E-state index in [9.17, 15) is 15.0 Å². The third-order valence-corrected chi connectivity index (χ3v) is 7.05. The van der Waals surface area contributed by atoms with Gasteiger partial charge in [-0.1, -0.05) is 34.1 Å². The van der Waals surface area contributed by atoms with Crippen LogP contribution < -0.4 is 0 Å². The van der Waals surface area contributed by atoms with Gasteiger partial charge < -0.3 is 19.7 Å². The molecule has 0 unspecified atom stereocenters. The first-order valence-electron chi connectivity index (χ1n) is 10.1. The molecule has 1 saturated heterocycles. The molecule has 0 spiro atoms. The van der Waals surface area contributed by atoms with Gasteiger partial charge in [-0.05, 0) is 42.7 Å². The van der Waals surface area contributed by atoms with Gasteiger partial charge in [-0.3, -0.25) is 4.79 Å². The Kier molecular flexibility index (Phi) is 4.05. The van der Waals surface area contributed by atoms with Gasteiger partial charge in [0.1, 0.15) is 17.6 Å². The van der Waals surface area contributed by atoms with Gasteiger partial charge in [-0.25, -0.2) is 0 Å². The first-order valence-corrected chi connectivity index (χ1v) is 10.1. The average Bonchev–Trinajstić information content (AvgIpc) is 2.84. The Labute approximate surface area is 160 Å². The molecule has 1 aromatic rings. The SMILES string of the molecule is CCO[C@@H]1c2cc(C(C)C)c(O)c(O)c2[C@]23CCCC(C)(C)[C@H]2[C@H]1OC3=O. The van der Waals surface area contributed by atoms with Gasteiger partial charge in [-0.15, -0.1) is 0 Å². The van der Waals surface area contributed by atoms with Crippen molar-refractivity contribution in [3.8, 4) is 11.5 Å². The fourth-order valence-electron chi connectivity index (χ4n) is 6.05. The number of carbonyl (C=O) groups is 1. The van der Waals surface area contributed by atoms with Crippen LogP contribution in [0.2, 0.25) is 0 Å². The van der Waals surface area contributed by atoms with Crippen molar-refractivity contribution in [2.75, 3.05) is 6.61 Å². The molecule has 27 heavy (non-hydrogen) atoms. The standard InChI is InChI=1S/C22H30O5/c1-6-26-17-13-10-12(11(2)3)15(23)16(24)14(13)22-9-7-8-21(4,5)19(22)18(17)27-20(22)25/h10-11,17-19,23-24H,6-9H2,1-5H3/t17-,18+,19-,22-/m1/s1. The van der Waals surface area contributed by atoms with Gasteiger partial charge >= 0.3 is 5.97 Å². The number of esters is 1. The molecule has 148 valence electrons. The highest BCUT2D eigenvalue weighted by Crippen LogP contribution is 2.67. The van der Waals surface area contributed by atoms with Gasteiger partial charge in [0.25, 0.3) is 0 Å². The van der Waals surface area contributed by atoms with Gasteiger partial charge in [0.2, 0.25) is 0 Å². The molecule has 4 atom stereocenters. The normalized spacial score (nSPS) is 33.6. The highest BCUT2D eigenvalue weighted by Gasteiger charge is 2.70. The molecule has 1 aliphatic heterocycles. The van der Waals surface area contributed by atoms with E-state index < -0.39 is 11.5 Å². The zero-order chi connectivity index (χ0) is 19.7. The number of ether oxygens (including phenoxy) is 2. The monoisotopic (exact) mass is 374 g/mol. The Bertz CT molecular complexity index is 796. The van der Waals surface area contributed by atoms with Gasteiger partial charge in [0, 0.05) is 23.7 Å². The van der Waals surface area contributed by atoms with Crippen LogP contribution in [0.15, 0.2) is 6.07 Å². The van der Waals surface area contributed by atoms with E-state index in [4.69, 9.17) is 9.47 Å². The number of aromatic hydroxyl groups is 2. The van der Waals surface area contributed by atoms with Crippen LogP contribution >= 0.6 is 0 Å². The van der Waals surface area contributed by atoms with E-state index in [0.29, 0.717) is 24.2 Å². The van der Waals surface area contributed by atoms with Gasteiger partial charge in [0.15, 0.2) is 11.5 Å². The maximum Gasteiger partial charge on any atom is 0.317 e. The molecule has 1 heterocycles. The minimum absolute atomic E-state index is 0.0377. The zero-order valence-corrected chi connectivity index (χ0v) is 16.8. The van der Waals surface area contributed by atoms with E-state index in [1.807, 2.05) is 26.8 Å². The van der Waals surface area contributed by atoms with Crippen molar-refractivity contribution in [3.05, 3.63) is 22.8 Å². The number of benzene rings is 1. The van der Waals surface area contributed by atoms with Crippen LogP contribution in [0.25, 0.3) is 0 Å². The number of hydrogen-bond acceptors (Lipinski definition) is 5. The Morgan fingerprint density at radius 3 is 2.59 bits per heavy atom. The summed E-state index contributed by atoms with van der Waals surface area (Å²) in [5, 5.41) is 21.8. The second kappa shape index (κ2) is 5.87. The Morgan fingerprint density at radius 1 is 1.26 bits per heavy atom. The lowest BCUT2D eigenvalue weighted by molar-refractivity contribution is -0.150. The van der Waals surface area contributed by atoms with Crippen molar-refractivity contribution < 1.29 is 24.5 Å². The summed E-state index contributed by atoms with van der Waals surface area (Å²) in [6.45, 7) is 10.7. The topological polar surface area (TPSA) is 76.0 Å². The number of rotatable bonds is 3. The fraction of sp³-hybridized carbons (Fsp3) is 0.682. The fourth-order valence-corrected chi connectivity index (χ4v) is 6.05. The molecule has 2 aliphatic carbocycles. The molecule has 5 heteroatoms. The van der Waals surface area contributed by atoms with Crippen molar-refractivity contribution in [1.82, 2.24) is 0 Å². The number of hydrogen-bond donors (Lipinski definition) is 2. The molecule has 2 N–H and O–H groups in total. The van der Waals surface area contributed by atoms with E-state index in [1.54, 1.807) is 0 Å². The summed E-state index contributed by atoms with van der Waals surface area (Å²) in [4.78, 5) is 13.2. The number of phenols is 2. The molecule has 1 aromatic carbocycles. The Balaban J connectivity index is 2.06. The molecule has 0 radical (unpaired) electrons. The van der Waals surface area contributed by atoms with Crippen LogP contribution in [0.4, 0.5) is 0 Å². The third-order valence-electron chi connectivity index (χ3n) is 7.05. The predicted molar refractivity (Wildman–Crippen MR) is 101 cm³/mol. The van der Waals surface area contributed by atoms with Gasteiger partial charge in [0.05, 0.1) is 0 Å².